The minimum atomic E-state index is -0.538. The SMILES string of the molecule is CC(O)Cc1cc(CF)cc2c1OCO2. The van der Waals surface area contributed by atoms with Gasteiger partial charge in [0.2, 0.25) is 6.79 Å². The summed E-state index contributed by atoms with van der Waals surface area (Å²) in [6.07, 6.45) is -0.0346. The first-order valence-corrected chi connectivity index (χ1v) is 4.86. The molecule has 3 nitrogen and oxygen atoms in total. The molecule has 0 aliphatic carbocycles. The number of rotatable bonds is 3. The second-order valence-electron chi connectivity index (χ2n) is 3.68. The zero-order valence-corrected chi connectivity index (χ0v) is 8.50. The van der Waals surface area contributed by atoms with Crippen molar-refractivity contribution in [1.82, 2.24) is 0 Å². The van der Waals surface area contributed by atoms with Crippen molar-refractivity contribution in [3.63, 3.8) is 0 Å². The highest BCUT2D eigenvalue weighted by molar-refractivity contribution is 5.51. The topological polar surface area (TPSA) is 38.7 Å². The van der Waals surface area contributed by atoms with Gasteiger partial charge in [0, 0.05) is 12.0 Å². The van der Waals surface area contributed by atoms with Crippen molar-refractivity contribution in [2.45, 2.75) is 26.1 Å². The smallest absolute Gasteiger partial charge is 0.231 e. The van der Waals surface area contributed by atoms with E-state index in [2.05, 4.69) is 0 Å². The van der Waals surface area contributed by atoms with Crippen LogP contribution in [-0.4, -0.2) is 18.0 Å². The highest BCUT2D eigenvalue weighted by Gasteiger charge is 2.19. The molecular weight excluding hydrogens is 199 g/mol. The number of halogens is 1. The maximum atomic E-state index is 12.6. The minimum absolute atomic E-state index is 0.165. The molecule has 82 valence electrons. The molecule has 15 heavy (non-hydrogen) atoms. The summed E-state index contributed by atoms with van der Waals surface area (Å²) in [5, 5.41) is 9.31. The lowest BCUT2D eigenvalue weighted by Gasteiger charge is -2.09. The first-order valence-electron chi connectivity index (χ1n) is 4.86. The molecule has 1 aromatic carbocycles. The number of aliphatic hydroxyl groups is 1. The molecule has 1 heterocycles. The maximum Gasteiger partial charge on any atom is 0.231 e. The Morgan fingerprint density at radius 1 is 1.47 bits per heavy atom. The summed E-state index contributed by atoms with van der Waals surface area (Å²) in [7, 11) is 0. The van der Waals surface area contributed by atoms with Crippen LogP contribution in [0.3, 0.4) is 0 Å². The first-order chi connectivity index (χ1) is 7.20. The van der Waals surface area contributed by atoms with Crippen LogP contribution in [0.4, 0.5) is 4.39 Å². The maximum absolute atomic E-state index is 12.6. The van der Waals surface area contributed by atoms with Crippen LogP contribution in [0.5, 0.6) is 11.5 Å². The standard InChI is InChI=1S/C11H13FO3/c1-7(13)2-9-3-8(5-12)4-10-11(9)15-6-14-10/h3-4,7,13H,2,5-6H2,1H3. The molecule has 1 aliphatic heterocycles. The van der Waals surface area contributed by atoms with E-state index in [-0.39, 0.29) is 6.79 Å². The van der Waals surface area contributed by atoms with Crippen molar-refractivity contribution in [1.29, 1.82) is 0 Å². The van der Waals surface area contributed by atoms with E-state index < -0.39 is 12.8 Å². The third-order valence-corrected chi connectivity index (χ3v) is 2.28. The molecule has 0 fully saturated rings. The number of benzene rings is 1. The predicted octanol–water partition coefficient (Wildman–Crippen LogP) is 1.81. The Bertz CT molecular complexity index is 363. The summed E-state index contributed by atoms with van der Waals surface area (Å²) in [5.74, 6) is 1.20. The van der Waals surface area contributed by atoms with Gasteiger partial charge in [-0.2, -0.15) is 0 Å². The van der Waals surface area contributed by atoms with Gasteiger partial charge in [-0.15, -0.1) is 0 Å². The summed E-state index contributed by atoms with van der Waals surface area (Å²) in [5.41, 5.74) is 1.35. The highest BCUT2D eigenvalue weighted by Crippen LogP contribution is 2.37. The second-order valence-corrected chi connectivity index (χ2v) is 3.68. The third-order valence-electron chi connectivity index (χ3n) is 2.28. The fourth-order valence-electron chi connectivity index (χ4n) is 1.69. The van der Waals surface area contributed by atoms with Crippen LogP contribution in [0, 0.1) is 0 Å². The Labute approximate surface area is 87.4 Å². The van der Waals surface area contributed by atoms with Gasteiger partial charge < -0.3 is 14.6 Å². The molecule has 0 spiro atoms. The van der Waals surface area contributed by atoms with Gasteiger partial charge in [0.05, 0.1) is 6.10 Å². The number of ether oxygens (including phenoxy) is 2. The van der Waals surface area contributed by atoms with E-state index in [9.17, 15) is 9.50 Å². The van der Waals surface area contributed by atoms with Crippen LogP contribution in [0.1, 0.15) is 18.1 Å². The van der Waals surface area contributed by atoms with E-state index in [1.165, 1.54) is 0 Å². The summed E-state index contributed by atoms with van der Waals surface area (Å²) < 4.78 is 23.0. The molecule has 4 heteroatoms. The summed E-state index contributed by atoms with van der Waals surface area (Å²) >= 11 is 0. The first kappa shape index (κ1) is 10.2. The number of hydrogen-bond acceptors (Lipinski definition) is 3. The molecular formula is C11H13FO3. The van der Waals surface area contributed by atoms with Crippen LogP contribution in [0.2, 0.25) is 0 Å². The van der Waals surface area contributed by atoms with Crippen molar-refractivity contribution in [2.75, 3.05) is 6.79 Å². The molecule has 0 radical (unpaired) electrons. The van der Waals surface area contributed by atoms with Crippen LogP contribution >= 0.6 is 0 Å². The lowest BCUT2D eigenvalue weighted by Crippen LogP contribution is -2.05. The lowest BCUT2D eigenvalue weighted by molar-refractivity contribution is 0.170. The zero-order valence-electron chi connectivity index (χ0n) is 8.50. The van der Waals surface area contributed by atoms with Gasteiger partial charge in [0.1, 0.15) is 6.67 Å². The van der Waals surface area contributed by atoms with Gasteiger partial charge in [-0.3, -0.25) is 0 Å². The summed E-state index contributed by atoms with van der Waals surface area (Å²) in [6.45, 7) is 1.31. The molecule has 0 bridgehead atoms. The monoisotopic (exact) mass is 212 g/mol. The van der Waals surface area contributed by atoms with Crippen molar-refractivity contribution in [3.05, 3.63) is 23.3 Å². The van der Waals surface area contributed by atoms with E-state index in [1.54, 1.807) is 19.1 Å². The van der Waals surface area contributed by atoms with E-state index in [4.69, 9.17) is 9.47 Å². The van der Waals surface area contributed by atoms with Crippen LogP contribution in [-0.2, 0) is 13.1 Å². The fourth-order valence-corrected chi connectivity index (χ4v) is 1.69. The average molecular weight is 212 g/mol. The van der Waals surface area contributed by atoms with Crippen molar-refractivity contribution in [3.8, 4) is 11.5 Å². The fraction of sp³-hybridized carbons (Fsp3) is 0.455. The number of fused-ring (bicyclic) bond motifs is 1. The molecule has 0 saturated heterocycles. The van der Waals surface area contributed by atoms with E-state index in [1.807, 2.05) is 0 Å². The Balaban J connectivity index is 2.38. The second kappa shape index (κ2) is 4.06. The molecule has 2 rings (SSSR count). The average Bonchev–Trinajstić information content (AvgIpc) is 2.64. The van der Waals surface area contributed by atoms with Crippen LogP contribution < -0.4 is 9.47 Å². The van der Waals surface area contributed by atoms with Crippen molar-refractivity contribution in [2.24, 2.45) is 0 Å². The summed E-state index contributed by atoms with van der Waals surface area (Å²) in [6, 6.07) is 3.34. The van der Waals surface area contributed by atoms with Gasteiger partial charge in [-0.05, 0) is 24.6 Å². The van der Waals surface area contributed by atoms with E-state index >= 15 is 0 Å². The molecule has 1 unspecified atom stereocenters. The van der Waals surface area contributed by atoms with Gasteiger partial charge in [0.15, 0.2) is 11.5 Å². The third kappa shape index (κ3) is 2.04. The quantitative estimate of drug-likeness (QED) is 0.830. The van der Waals surface area contributed by atoms with Crippen LogP contribution in [0.15, 0.2) is 12.1 Å². The van der Waals surface area contributed by atoms with Crippen LogP contribution in [0.25, 0.3) is 0 Å². The Kier molecular flexibility index (Phi) is 2.77. The Morgan fingerprint density at radius 2 is 2.27 bits per heavy atom. The number of alkyl halides is 1. The van der Waals surface area contributed by atoms with E-state index in [0.717, 1.165) is 5.56 Å². The Morgan fingerprint density at radius 3 is 2.93 bits per heavy atom. The molecule has 0 amide bonds. The molecule has 1 N–H and O–H groups in total. The van der Waals surface area contributed by atoms with Gasteiger partial charge >= 0.3 is 0 Å². The normalized spacial score (nSPS) is 15.4. The molecule has 1 atom stereocenters. The Hall–Kier alpha value is -1.29. The largest absolute Gasteiger partial charge is 0.454 e. The number of hydrogen-bond donors (Lipinski definition) is 1. The number of aliphatic hydroxyl groups excluding tert-OH is 1. The molecule has 0 aromatic heterocycles. The van der Waals surface area contributed by atoms with E-state index in [0.29, 0.717) is 23.5 Å². The zero-order chi connectivity index (χ0) is 10.8. The minimum Gasteiger partial charge on any atom is -0.454 e. The molecule has 1 aliphatic rings. The highest BCUT2D eigenvalue weighted by atomic mass is 19.1. The lowest BCUT2D eigenvalue weighted by atomic mass is 10.0. The molecule has 0 saturated carbocycles. The van der Waals surface area contributed by atoms with Gasteiger partial charge in [0.25, 0.3) is 0 Å². The summed E-state index contributed by atoms with van der Waals surface area (Å²) in [4.78, 5) is 0. The van der Waals surface area contributed by atoms with Crippen molar-refractivity contribution < 1.29 is 19.0 Å². The van der Waals surface area contributed by atoms with Crippen molar-refractivity contribution >= 4 is 0 Å². The predicted molar refractivity (Wildman–Crippen MR) is 52.8 cm³/mol. The van der Waals surface area contributed by atoms with Gasteiger partial charge in [-0.1, -0.05) is 0 Å². The van der Waals surface area contributed by atoms with Gasteiger partial charge in [-0.25, -0.2) is 4.39 Å². The molecule has 1 aromatic rings.